The molecule has 2 aliphatic heterocycles. The normalized spacial score (nSPS) is 27.7. The quantitative estimate of drug-likeness (QED) is 0.503. The van der Waals surface area contributed by atoms with E-state index in [2.05, 4.69) is 37.4 Å². The van der Waals surface area contributed by atoms with E-state index < -0.39 is 6.04 Å². The molecule has 3 rings (SSSR count). The van der Waals surface area contributed by atoms with E-state index in [0.29, 0.717) is 6.04 Å². The standard InChI is InChI=1S/C15H21BrN4O2.ClH/c16-10-3-1-2-9(6-10)13(8-21)18-15(22)14-11-7-17-5-4-12(11)19-20-14;/h1-3,6,11-14,17,19-21H,4-5,7-8H2,(H,18,22);1H. The minimum Gasteiger partial charge on any atom is -0.394 e. The average molecular weight is 406 g/mol. The number of aliphatic hydroxyl groups is 1. The third-order valence-electron chi connectivity index (χ3n) is 4.41. The van der Waals surface area contributed by atoms with Crippen LogP contribution in [0.2, 0.25) is 0 Å². The summed E-state index contributed by atoms with van der Waals surface area (Å²) >= 11 is 3.41. The minimum atomic E-state index is -0.401. The molecule has 0 radical (unpaired) electrons. The zero-order valence-electron chi connectivity index (χ0n) is 12.6. The van der Waals surface area contributed by atoms with E-state index in [1.807, 2.05) is 24.3 Å². The molecule has 2 fully saturated rings. The summed E-state index contributed by atoms with van der Waals surface area (Å²) in [4.78, 5) is 12.6. The number of nitrogens with one attached hydrogen (secondary N) is 4. The first-order valence-electron chi connectivity index (χ1n) is 7.57. The molecule has 0 spiro atoms. The van der Waals surface area contributed by atoms with Crippen LogP contribution in [0.1, 0.15) is 18.0 Å². The van der Waals surface area contributed by atoms with Gasteiger partial charge in [-0.2, -0.15) is 0 Å². The van der Waals surface area contributed by atoms with Crippen molar-refractivity contribution in [2.45, 2.75) is 24.5 Å². The molecule has 6 nitrogen and oxygen atoms in total. The van der Waals surface area contributed by atoms with Gasteiger partial charge in [0.2, 0.25) is 5.91 Å². The van der Waals surface area contributed by atoms with E-state index in [1.54, 1.807) is 0 Å². The van der Waals surface area contributed by atoms with Crippen molar-refractivity contribution in [3.63, 3.8) is 0 Å². The predicted octanol–water partition coefficient (Wildman–Crippen LogP) is 0.475. The molecule has 2 heterocycles. The van der Waals surface area contributed by atoms with Crippen molar-refractivity contribution in [2.24, 2.45) is 5.92 Å². The Morgan fingerprint density at radius 2 is 2.26 bits per heavy atom. The molecule has 0 bridgehead atoms. The molecule has 4 atom stereocenters. The molecule has 4 unspecified atom stereocenters. The molecular weight excluding hydrogens is 384 g/mol. The number of carbonyl (C=O) groups excluding carboxylic acids is 1. The summed E-state index contributed by atoms with van der Waals surface area (Å²) in [5.41, 5.74) is 7.19. The summed E-state index contributed by atoms with van der Waals surface area (Å²) in [6, 6.07) is 7.27. The molecule has 5 N–H and O–H groups in total. The summed E-state index contributed by atoms with van der Waals surface area (Å²) in [6.45, 7) is 1.67. The highest BCUT2D eigenvalue weighted by Crippen LogP contribution is 2.22. The van der Waals surface area contributed by atoms with Gasteiger partial charge in [0.05, 0.1) is 12.6 Å². The molecule has 0 saturated carbocycles. The molecule has 2 aliphatic rings. The summed E-state index contributed by atoms with van der Waals surface area (Å²) in [5.74, 6) is 0.151. The minimum absolute atomic E-state index is 0. The van der Waals surface area contributed by atoms with Crippen LogP contribution in [0.15, 0.2) is 28.7 Å². The number of rotatable bonds is 4. The van der Waals surface area contributed by atoms with E-state index in [-0.39, 0.29) is 36.9 Å². The lowest BCUT2D eigenvalue weighted by Crippen LogP contribution is -2.50. The van der Waals surface area contributed by atoms with Crippen LogP contribution in [0, 0.1) is 5.92 Å². The average Bonchev–Trinajstić information content (AvgIpc) is 2.96. The van der Waals surface area contributed by atoms with Crippen molar-refractivity contribution >= 4 is 34.2 Å². The van der Waals surface area contributed by atoms with Crippen molar-refractivity contribution in [2.75, 3.05) is 19.7 Å². The second kappa shape index (κ2) is 8.41. The van der Waals surface area contributed by atoms with Gasteiger partial charge in [0.15, 0.2) is 0 Å². The Hall–Kier alpha value is -0.700. The molecular formula is C15H22BrClN4O2. The second-order valence-corrected chi connectivity index (χ2v) is 6.74. The molecule has 1 aromatic rings. The van der Waals surface area contributed by atoms with Crippen molar-refractivity contribution in [1.82, 2.24) is 21.5 Å². The Bertz CT molecular complexity index is 548. The van der Waals surface area contributed by atoms with Gasteiger partial charge in [0, 0.05) is 23.0 Å². The third kappa shape index (κ3) is 4.23. The lowest BCUT2D eigenvalue weighted by atomic mass is 9.89. The van der Waals surface area contributed by atoms with Crippen LogP contribution in [0.4, 0.5) is 0 Å². The number of piperidine rings is 1. The van der Waals surface area contributed by atoms with Gasteiger partial charge in [-0.1, -0.05) is 28.1 Å². The third-order valence-corrected chi connectivity index (χ3v) is 4.91. The lowest BCUT2D eigenvalue weighted by molar-refractivity contribution is -0.125. The highest BCUT2D eigenvalue weighted by atomic mass is 79.9. The Labute approximate surface area is 150 Å². The van der Waals surface area contributed by atoms with E-state index in [0.717, 1.165) is 29.5 Å². The Balaban J connectivity index is 0.00000192. The number of carbonyl (C=O) groups is 1. The number of benzene rings is 1. The van der Waals surface area contributed by atoms with Gasteiger partial charge < -0.3 is 15.7 Å². The molecule has 8 heteroatoms. The number of hydrogen-bond acceptors (Lipinski definition) is 5. The van der Waals surface area contributed by atoms with Gasteiger partial charge in [0.25, 0.3) is 0 Å². The first kappa shape index (κ1) is 18.6. The van der Waals surface area contributed by atoms with Gasteiger partial charge in [-0.15, -0.1) is 12.4 Å². The Morgan fingerprint density at radius 3 is 3.00 bits per heavy atom. The highest BCUT2D eigenvalue weighted by molar-refractivity contribution is 9.10. The first-order valence-corrected chi connectivity index (χ1v) is 8.37. The van der Waals surface area contributed by atoms with Crippen LogP contribution in [0.25, 0.3) is 0 Å². The summed E-state index contributed by atoms with van der Waals surface area (Å²) < 4.78 is 0.926. The van der Waals surface area contributed by atoms with E-state index in [1.165, 1.54) is 0 Å². The van der Waals surface area contributed by atoms with Crippen LogP contribution in [-0.2, 0) is 4.79 Å². The molecule has 0 aromatic heterocycles. The fraction of sp³-hybridized carbons (Fsp3) is 0.533. The molecule has 1 amide bonds. The summed E-state index contributed by atoms with van der Waals surface area (Å²) in [6.07, 6.45) is 1.01. The van der Waals surface area contributed by atoms with Crippen molar-refractivity contribution in [1.29, 1.82) is 0 Å². The van der Waals surface area contributed by atoms with Crippen LogP contribution in [0.5, 0.6) is 0 Å². The topological polar surface area (TPSA) is 85.4 Å². The van der Waals surface area contributed by atoms with Gasteiger partial charge in [-0.3, -0.25) is 10.2 Å². The van der Waals surface area contributed by atoms with Crippen LogP contribution >= 0.6 is 28.3 Å². The van der Waals surface area contributed by atoms with E-state index >= 15 is 0 Å². The number of fused-ring (bicyclic) bond motifs is 1. The Kier molecular flexibility index (Phi) is 6.82. The van der Waals surface area contributed by atoms with Gasteiger partial charge >= 0.3 is 0 Å². The number of aliphatic hydroxyl groups excluding tert-OH is 1. The lowest BCUT2D eigenvalue weighted by Gasteiger charge is -2.28. The van der Waals surface area contributed by atoms with E-state index in [4.69, 9.17) is 0 Å². The monoisotopic (exact) mass is 404 g/mol. The fourth-order valence-electron chi connectivity index (χ4n) is 3.20. The first-order chi connectivity index (χ1) is 10.7. The van der Waals surface area contributed by atoms with Crippen molar-refractivity contribution in [3.05, 3.63) is 34.3 Å². The van der Waals surface area contributed by atoms with Gasteiger partial charge in [-0.05, 0) is 30.7 Å². The molecule has 2 saturated heterocycles. The maximum atomic E-state index is 12.6. The van der Waals surface area contributed by atoms with Gasteiger partial charge in [-0.25, -0.2) is 5.43 Å². The Morgan fingerprint density at radius 1 is 1.43 bits per heavy atom. The maximum Gasteiger partial charge on any atom is 0.239 e. The number of amides is 1. The summed E-state index contributed by atoms with van der Waals surface area (Å²) in [5, 5.41) is 15.9. The molecule has 23 heavy (non-hydrogen) atoms. The smallest absolute Gasteiger partial charge is 0.239 e. The van der Waals surface area contributed by atoms with Crippen LogP contribution < -0.4 is 21.5 Å². The number of hydrazine groups is 1. The largest absolute Gasteiger partial charge is 0.394 e. The van der Waals surface area contributed by atoms with Crippen molar-refractivity contribution in [3.8, 4) is 0 Å². The summed E-state index contributed by atoms with van der Waals surface area (Å²) in [7, 11) is 0. The molecule has 0 aliphatic carbocycles. The van der Waals surface area contributed by atoms with Crippen LogP contribution in [0.3, 0.4) is 0 Å². The van der Waals surface area contributed by atoms with Crippen molar-refractivity contribution < 1.29 is 9.90 Å². The number of halogens is 2. The second-order valence-electron chi connectivity index (χ2n) is 5.83. The highest BCUT2D eigenvalue weighted by Gasteiger charge is 2.41. The fourth-order valence-corrected chi connectivity index (χ4v) is 3.61. The zero-order valence-corrected chi connectivity index (χ0v) is 15.0. The van der Waals surface area contributed by atoms with Gasteiger partial charge in [0.1, 0.15) is 6.04 Å². The van der Waals surface area contributed by atoms with Crippen LogP contribution in [-0.4, -0.2) is 42.8 Å². The van der Waals surface area contributed by atoms with E-state index in [9.17, 15) is 9.90 Å². The molecule has 1 aromatic carbocycles. The number of hydrogen-bond donors (Lipinski definition) is 5. The zero-order chi connectivity index (χ0) is 15.5. The predicted molar refractivity (Wildman–Crippen MR) is 94.2 cm³/mol. The maximum absolute atomic E-state index is 12.6. The molecule has 128 valence electrons. The SMILES string of the molecule is Cl.O=C(NC(CO)c1cccc(Br)c1)C1NNC2CCNCC21.